The molecule has 0 aliphatic heterocycles. The standard InChI is InChI=1S/C15H16N2S/c1-10-3-6-13(7-4-10)17-14-8-5-12(15(16)18)9-11(14)2/h3-9,17H,1-2H3,(H2,16,18). The maximum absolute atomic E-state index is 5.61. The Morgan fingerprint density at radius 1 is 1.06 bits per heavy atom. The van der Waals surface area contributed by atoms with Gasteiger partial charge in [-0.25, -0.2) is 0 Å². The Morgan fingerprint density at radius 2 is 1.72 bits per heavy atom. The molecule has 0 aliphatic carbocycles. The van der Waals surface area contributed by atoms with Gasteiger partial charge in [-0.05, 0) is 49.7 Å². The Labute approximate surface area is 113 Å². The molecule has 0 atom stereocenters. The molecule has 0 aliphatic rings. The summed E-state index contributed by atoms with van der Waals surface area (Å²) in [5.41, 5.74) is 11.0. The number of rotatable bonds is 3. The van der Waals surface area contributed by atoms with E-state index in [2.05, 4.69) is 36.5 Å². The molecule has 0 aromatic heterocycles. The van der Waals surface area contributed by atoms with E-state index in [9.17, 15) is 0 Å². The number of benzene rings is 2. The van der Waals surface area contributed by atoms with Crippen molar-refractivity contribution in [1.82, 2.24) is 0 Å². The van der Waals surface area contributed by atoms with Crippen molar-refractivity contribution in [3.05, 3.63) is 59.2 Å². The molecule has 92 valence electrons. The molecule has 2 nitrogen and oxygen atoms in total. The maximum atomic E-state index is 5.61. The molecule has 2 aromatic rings. The minimum absolute atomic E-state index is 0.431. The fourth-order valence-electron chi connectivity index (χ4n) is 1.75. The molecule has 3 heteroatoms. The number of hydrogen-bond donors (Lipinski definition) is 2. The predicted octanol–water partition coefficient (Wildman–Crippen LogP) is 3.68. The van der Waals surface area contributed by atoms with Crippen molar-refractivity contribution in [3.63, 3.8) is 0 Å². The highest BCUT2D eigenvalue weighted by molar-refractivity contribution is 7.80. The summed E-state index contributed by atoms with van der Waals surface area (Å²) >= 11 is 4.97. The molecule has 0 amide bonds. The lowest BCUT2D eigenvalue weighted by atomic mass is 10.1. The molecule has 18 heavy (non-hydrogen) atoms. The molecule has 3 N–H and O–H groups in total. The van der Waals surface area contributed by atoms with Crippen LogP contribution in [-0.4, -0.2) is 4.99 Å². The van der Waals surface area contributed by atoms with Crippen molar-refractivity contribution < 1.29 is 0 Å². The van der Waals surface area contributed by atoms with Crippen LogP contribution in [0.25, 0.3) is 0 Å². The van der Waals surface area contributed by atoms with Gasteiger partial charge in [-0.1, -0.05) is 29.9 Å². The largest absolute Gasteiger partial charge is 0.389 e. The molecule has 2 aromatic carbocycles. The van der Waals surface area contributed by atoms with Crippen molar-refractivity contribution in [3.8, 4) is 0 Å². The molecule has 0 saturated heterocycles. The normalized spacial score (nSPS) is 10.1. The van der Waals surface area contributed by atoms with Crippen LogP contribution in [0.5, 0.6) is 0 Å². The quantitative estimate of drug-likeness (QED) is 0.823. The Kier molecular flexibility index (Phi) is 3.63. The summed E-state index contributed by atoms with van der Waals surface area (Å²) in [6, 6.07) is 14.2. The van der Waals surface area contributed by atoms with Crippen LogP contribution in [0.3, 0.4) is 0 Å². The minimum Gasteiger partial charge on any atom is -0.389 e. The summed E-state index contributed by atoms with van der Waals surface area (Å²) in [7, 11) is 0. The molecular weight excluding hydrogens is 240 g/mol. The zero-order chi connectivity index (χ0) is 13.1. The van der Waals surface area contributed by atoms with E-state index < -0.39 is 0 Å². The zero-order valence-electron chi connectivity index (χ0n) is 10.5. The number of anilines is 2. The number of aryl methyl sites for hydroxylation is 2. The van der Waals surface area contributed by atoms with E-state index in [4.69, 9.17) is 18.0 Å². The highest BCUT2D eigenvalue weighted by atomic mass is 32.1. The van der Waals surface area contributed by atoms with Crippen LogP contribution in [0.4, 0.5) is 11.4 Å². The van der Waals surface area contributed by atoms with E-state index >= 15 is 0 Å². The highest BCUT2D eigenvalue weighted by Gasteiger charge is 2.02. The lowest BCUT2D eigenvalue weighted by molar-refractivity contribution is 1.40. The Morgan fingerprint density at radius 3 is 2.28 bits per heavy atom. The summed E-state index contributed by atoms with van der Waals surface area (Å²) in [5.74, 6) is 0. The van der Waals surface area contributed by atoms with Crippen LogP contribution < -0.4 is 11.1 Å². The maximum Gasteiger partial charge on any atom is 0.103 e. The highest BCUT2D eigenvalue weighted by Crippen LogP contribution is 2.21. The van der Waals surface area contributed by atoms with Crippen LogP contribution in [-0.2, 0) is 0 Å². The number of thiocarbonyl (C=S) groups is 1. The van der Waals surface area contributed by atoms with Gasteiger partial charge in [0.15, 0.2) is 0 Å². The van der Waals surface area contributed by atoms with Crippen LogP contribution in [0, 0.1) is 13.8 Å². The summed E-state index contributed by atoms with van der Waals surface area (Å²) in [6.45, 7) is 4.12. The van der Waals surface area contributed by atoms with Crippen LogP contribution in [0.2, 0.25) is 0 Å². The van der Waals surface area contributed by atoms with E-state index in [1.807, 2.05) is 25.1 Å². The van der Waals surface area contributed by atoms with Crippen LogP contribution >= 0.6 is 12.2 Å². The second kappa shape index (κ2) is 5.19. The van der Waals surface area contributed by atoms with E-state index in [0.717, 1.165) is 22.5 Å². The molecule has 0 bridgehead atoms. The minimum atomic E-state index is 0.431. The van der Waals surface area contributed by atoms with Crippen LogP contribution in [0.15, 0.2) is 42.5 Å². The Bertz CT molecular complexity index is 574. The van der Waals surface area contributed by atoms with Gasteiger partial charge in [-0.3, -0.25) is 0 Å². The van der Waals surface area contributed by atoms with Gasteiger partial charge in [0.1, 0.15) is 4.99 Å². The van der Waals surface area contributed by atoms with Gasteiger partial charge in [0, 0.05) is 16.9 Å². The van der Waals surface area contributed by atoms with Gasteiger partial charge in [0.2, 0.25) is 0 Å². The van der Waals surface area contributed by atoms with E-state index in [-0.39, 0.29) is 0 Å². The van der Waals surface area contributed by atoms with Gasteiger partial charge in [0.25, 0.3) is 0 Å². The van der Waals surface area contributed by atoms with Crippen LogP contribution in [0.1, 0.15) is 16.7 Å². The third-order valence-corrected chi connectivity index (χ3v) is 3.08. The fraction of sp³-hybridized carbons (Fsp3) is 0.133. The van der Waals surface area contributed by atoms with Crippen molar-refractivity contribution in [2.45, 2.75) is 13.8 Å². The zero-order valence-corrected chi connectivity index (χ0v) is 11.3. The molecule has 0 spiro atoms. The Hall–Kier alpha value is -1.87. The average Bonchev–Trinajstić information content (AvgIpc) is 2.34. The molecule has 2 rings (SSSR count). The first-order valence-electron chi connectivity index (χ1n) is 5.80. The monoisotopic (exact) mass is 256 g/mol. The first-order valence-corrected chi connectivity index (χ1v) is 6.21. The summed E-state index contributed by atoms with van der Waals surface area (Å²) < 4.78 is 0. The smallest absolute Gasteiger partial charge is 0.103 e. The predicted molar refractivity (Wildman–Crippen MR) is 81.5 cm³/mol. The number of hydrogen-bond acceptors (Lipinski definition) is 2. The van der Waals surface area contributed by atoms with Crippen molar-refractivity contribution >= 4 is 28.6 Å². The van der Waals surface area contributed by atoms with Crippen molar-refractivity contribution in [1.29, 1.82) is 0 Å². The van der Waals surface area contributed by atoms with Gasteiger partial charge >= 0.3 is 0 Å². The second-order valence-corrected chi connectivity index (χ2v) is 4.82. The third kappa shape index (κ3) is 2.87. The van der Waals surface area contributed by atoms with Crippen molar-refractivity contribution in [2.24, 2.45) is 5.73 Å². The van der Waals surface area contributed by atoms with Gasteiger partial charge in [0.05, 0.1) is 0 Å². The average molecular weight is 256 g/mol. The first kappa shape index (κ1) is 12.6. The number of nitrogens with two attached hydrogens (primary N) is 1. The lowest BCUT2D eigenvalue weighted by Crippen LogP contribution is -2.09. The summed E-state index contributed by atoms with van der Waals surface area (Å²) in [4.78, 5) is 0.431. The molecule has 0 saturated carbocycles. The molecule has 0 heterocycles. The lowest BCUT2D eigenvalue weighted by Gasteiger charge is -2.11. The molecule has 0 radical (unpaired) electrons. The van der Waals surface area contributed by atoms with Crippen molar-refractivity contribution in [2.75, 3.05) is 5.32 Å². The van der Waals surface area contributed by atoms with E-state index in [1.54, 1.807) is 0 Å². The second-order valence-electron chi connectivity index (χ2n) is 4.38. The van der Waals surface area contributed by atoms with E-state index in [1.165, 1.54) is 5.56 Å². The third-order valence-electron chi connectivity index (χ3n) is 2.84. The summed E-state index contributed by atoms with van der Waals surface area (Å²) in [5, 5.41) is 3.38. The summed E-state index contributed by atoms with van der Waals surface area (Å²) in [6.07, 6.45) is 0. The molecule has 0 unspecified atom stereocenters. The van der Waals surface area contributed by atoms with E-state index in [0.29, 0.717) is 4.99 Å². The molecular formula is C15H16N2S. The van der Waals surface area contributed by atoms with Gasteiger partial charge in [-0.2, -0.15) is 0 Å². The van der Waals surface area contributed by atoms with Gasteiger partial charge < -0.3 is 11.1 Å². The SMILES string of the molecule is Cc1ccc(Nc2ccc(C(N)=S)cc2C)cc1. The topological polar surface area (TPSA) is 38.0 Å². The fourth-order valence-corrected chi connectivity index (χ4v) is 1.88. The Balaban J connectivity index is 2.24. The molecule has 0 fully saturated rings. The van der Waals surface area contributed by atoms with Gasteiger partial charge in [-0.15, -0.1) is 0 Å². The first-order chi connectivity index (χ1) is 8.56. The number of nitrogens with one attached hydrogen (secondary N) is 1.